The number of hydrogen-bond donors (Lipinski definition) is 2. The van der Waals surface area contributed by atoms with Crippen LogP contribution in [-0.4, -0.2) is 41.6 Å². The van der Waals surface area contributed by atoms with Crippen molar-refractivity contribution in [1.29, 1.82) is 0 Å². The third-order valence-corrected chi connectivity index (χ3v) is 2.87. The zero-order chi connectivity index (χ0) is 15.8. The standard InChI is InChI=1S/C15H17FN2O3/c1-3-8-18(10-14(19)20)15(21)17-7-6-12-4-5-13(16)9-11(12)2/h1,4-5,9H,6-8,10H2,2H3,(H,17,21)(H,19,20). The van der Waals surface area contributed by atoms with E-state index in [1.165, 1.54) is 12.1 Å². The average Bonchev–Trinajstić information content (AvgIpc) is 2.40. The van der Waals surface area contributed by atoms with Crippen molar-refractivity contribution >= 4 is 12.0 Å². The van der Waals surface area contributed by atoms with E-state index in [0.717, 1.165) is 16.0 Å². The number of carbonyl (C=O) groups excluding carboxylic acids is 1. The van der Waals surface area contributed by atoms with E-state index in [1.807, 2.05) is 0 Å². The molecule has 0 radical (unpaired) electrons. The van der Waals surface area contributed by atoms with Gasteiger partial charge in [0.15, 0.2) is 0 Å². The molecule has 112 valence electrons. The summed E-state index contributed by atoms with van der Waals surface area (Å²) in [6.07, 6.45) is 5.62. The second-order valence-corrected chi connectivity index (χ2v) is 4.51. The second-order valence-electron chi connectivity index (χ2n) is 4.51. The molecule has 0 aliphatic rings. The quantitative estimate of drug-likeness (QED) is 0.779. The number of amides is 2. The van der Waals surface area contributed by atoms with Gasteiger partial charge in [0.25, 0.3) is 0 Å². The topological polar surface area (TPSA) is 69.6 Å². The van der Waals surface area contributed by atoms with Crippen LogP contribution >= 0.6 is 0 Å². The van der Waals surface area contributed by atoms with Gasteiger partial charge in [-0.3, -0.25) is 4.79 Å². The van der Waals surface area contributed by atoms with Crippen molar-refractivity contribution in [3.8, 4) is 12.3 Å². The molecule has 5 nitrogen and oxygen atoms in total. The van der Waals surface area contributed by atoms with Crippen LogP contribution in [0.1, 0.15) is 11.1 Å². The van der Waals surface area contributed by atoms with Crippen molar-refractivity contribution in [2.45, 2.75) is 13.3 Å². The Morgan fingerprint density at radius 1 is 1.48 bits per heavy atom. The highest BCUT2D eigenvalue weighted by atomic mass is 19.1. The van der Waals surface area contributed by atoms with E-state index >= 15 is 0 Å². The molecule has 0 saturated carbocycles. The van der Waals surface area contributed by atoms with E-state index in [1.54, 1.807) is 13.0 Å². The van der Waals surface area contributed by atoms with Crippen molar-refractivity contribution in [1.82, 2.24) is 10.2 Å². The van der Waals surface area contributed by atoms with E-state index in [-0.39, 0.29) is 12.4 Å². The Kier molecular flexibility index (Phi) is 6.21. The van der Waals surface area contributed by atoms with Gasteiger partial charge in [-0.2, -0.15) is 0 Å². The molecular formula is C15H17FN2O3. The summed E-state index contributed by atoms with van der Waals surface area (Å²) < 4.78 is 13.0. The molecule has 1 aromatic rings. The molecule has 0 aliphatic carbocycles. The fraction of sp³-hybridized carbons (Fsp3) is 0.333. The highest BCUT2D eigenvalue weighted by molar-refractivity contribution is 5.80. The maximum absolute atomic E-state index is 13.0. The minimum absolute atomic E-state index is 0.0757. The van der Waals surface area contributed by atoms with Crippen molar-refractivity contribution < 1.29 is 19.1 Å². The fourth-order valence-corrected chi connectivity index (χ4v) is 1.83. The van der Waals surface area contributed by atoms with Crippen LogP contribution in [0.15, 0.2) is 18.2 Å². The molecule has 2 N–H and O–H groups in total. The first-order valence-electron chi connectivity index (χ1n) is 6.37. The van der Waals surface area contributed by atoms with Crippen LogP contribution in [0.3, 0.4) is 0 Å². The van der Waals surface area contributed by atoms with Crippen molar-refractivity contribution in [2.24, 2.45) is 0 Å². The lowest BCUT2D eigenvalue weighted by Crippen LogP contribution is -2.43. The first-order valence-corrected chi connectivity index (χ1v) is 6.37. The SMILES string of the molecule is C#CCN(CC(=O)O)C(=O)NCCc1ccc(F)cc1C. The molecule has 0 aromatic heterocycles. The van der Waals surface area contributed by atoms with Crippen LogP contribution < -0.4 is 5.32 Å². The number of halogens is 1. The van der Waals surface area contributed by atoms with Gasteiger partial charge in [-0.1, -0.05) is 12.0 Å². The second kappa shape index (κ2) is 7.90. The van der Waals surface area contributed by atoms with Crippen LogP contribution in [0.4, 0.5) is 9.18 Å². The minimum Gasteiger partial charge on any atom is -0.480 e. The molecule has 6 heteroatoms. The minimum atomic E-state index is -1.13. The van der Waals surface area contributed by atoms with Crippen molar-refractivity contribution in [3.63, 3.8) is 0 Å². The summed E-state index contributed by atoms with van der Waals surface area (Å²) in [5.41, 5.74) is 1.72. The molecule has 0 saturated heterocycles. The van der Waals surface area contributed by atoms with E-state index in [0.29, 0.717) is 13.0 Å². The molecule has 0 bridgehead atoms. The lowest BCUT2D eigenvalue weighted by atomic mass is 10.1. The number of rotatable bonds is 6. The average molecular weight is 292 g/mol. The molecule has 0 fully saturated rings. The normalized spacial score (nSPS) is 9.76. The number of nitrogens with zero attached hydrogens (tertiary/aromatic N) is 1. The summed E-state index contributed by atoms with van der Waals surface area (Å²) in [6, 6.07) is 3.91. The van der Waals surface area contributed by atoms with Gasteiger partial charge in [0, 0.05) is 6.54 Å². The van der Waals surface area contributed by atoms with Crippen molar-refractivity contribution in [2.75, 3.05) is 19.6 Å². The molecule has 0 spiro atoms. The van der Waals surface area contributed by atoms with Gasteiger partial charge in [0.1, 0.15) is 12.4 Å². The number of aliphatic carboxylic acids is 1. The lowest BCUT2D eigenvalue weighted by Gasteiger charge is -2.18. The Bertz CT molecular complexity index is 567. The Balaban J connectivity index is 2.51. The first kappa shape index (κ1) is 16.5. The van der Waals surface area contributed by atoms with Crippen molar-refractivity contribution in [3.05, 3.63) is 35.1 Å². The largest absolute Gasteiger partial charge is 0.480 e. The predicted octanol–water partition coefficient (Wildman–Crippen LogP) is 1.41. The van der Waals surface area contributed by atoms with E-state index < -0.39 is 18.5 Å². The van der Waals surface area contributed by atoms with Crippen LogP contribution in [0.25, 0.3) is 0 Å². The molecule has 0 aliphatic heterocycles. The van der Waals surface area contributed by atoms with Gasteiger partial charge in [-0.05, 0) is 36.6 Å². The van der Waals surface area contributed by atoms with Crippen LogP contribution in [0, 0.1) is 25.1 Å². The number of carbonyl (C=O) groups is 2. The highest BCUT2D eigenvalue weighted by Crippen LogP contribution is 2.10. The summed E-state index contributed by atoms with van der Waals surface area (Å²) in [5, 5.41) is 11.3. The molecule has 0 atom stereocenters. The summed E-state index contributed by atoms with van der Waals surface area (Å²) in [4.78, 5) is 23.5. The van der Waals surface area contributed by atoms with Gasteiger partial charge in [-0.25, -0.2) is 9.18 Å². The monoisotopic (exact) mass is 292 g/mol. The predicted molar refractivity (Wildman–Crippen MR) is 76.3 cm³/mol. The summed E-state index contributed by atoms with van der Waals surface area (Å²) in [7, 11) is 0. The van der Waals surface area contributed by atoms with Crippen LogP contribution in [-0.2, 0) is 11.2 Å². The zero-order valence-electron chi connectivity index (χ0n) is 11.7. The van der Waals surface area contributed by atoms with Crippen LogP contribution in [0.2, 0.25) is 0 Å². The Hall–Kier alpha value is -2.55. The number of aryl methyl sites for hydroxylation is 1. The number of nitrogens with one attached hydrogen (secondary N) is 1. The van der Waals surface area contributed by atoms with Crippen LogP contribution in [0.5, 0.6) is 0 Å². The number of terminal acetylenes is 1. The third-order valence-electron chi connectivity index (χ3n) is 2.87. The first-order chi connectivity index (χ1) is 9.93. The van der Waals surface area contributed by atoms with E-state index in [9.17, 15) is 14.0 Å². The molecular weight excluding hydrogens is 275 g/mol. The molecule has 0 unspecified atom stereocenters. The molecule has 21 heavy (non-hydrogen) atoms. The highest BCUT2D eigenvalue weighted by Gasteiger charge is 2.15. The number of benzene rings is 1. The zero-order valence-corrected chi connectivity index (χ0v) is 11.7. The number of carboxylic acids is 1. The van der Waals surface area contributed by atoms with E-state index in [4.69, 9.17) is 11.5 Å². The van der Waals surface area contributed by atoms with Gasteiger partial charge in [0.2, 0.25) is 0 Å². The Morgan fingerprint density at radius 2 is 2.19 bits per heavy atom. The Labute approximate surface area is 122 Å². The summed E-state index contributed by atoms with van der Waals surface area (Å²) in [6.45, 7) is 1.57. The molecule has 1 rings (SSSR count). The number of carboxylic acid groups (broad SMARTS) is 1. The van der Waals surface area contributed by atoms with Gasteiger partial charge in [-0.15, -0.1) is 6.42 Å². The fourth-order valence-electron chi connectivity index (χ4n) is 1.83. The number of urea groups is 1. The summed E-state index contributed by atoms with van der Waals surface area (Å²) >= 11 is 0. The van der Waals surface area contributed by atoms with E-state index in [2.05, 4.69) is 11.2 Å². The maximum Gasteiger partial charge on any atom is 0.323 e. The lowest BCUT2D eigenvalue weighted by molar-refractivity contribution is -0.137. The molecule has 2 amide bonds. The van der Waals surface area contributed by atoms with Gasteiger partial charge >= 0.3 is 12.0 Å². The third kappa shape index (κ3) is 5.53. The molecule has 1 aromatic carbocycles. The Morgan fingerprint density at radius 3 is 2.76 bits per heavy atom. The number of hydrogen-bond acceptors (Lipinski definition) is 2. The maximum atomic E-state index is 13.0. The van der Waals surface area contributed by atoms with Gasteiger partial charge < -0.3 is 15.3 Å². The smallest absolute Gasteiger partial charge is 0.323 e. The summed E-state index contributed by atoms with van der Waals surface area (Å²) in [5.74, 6) is 0.804. The molecule has 0 heterocycles. The van der Waals surface area contributed by atoms with Gasteiger partial charge in [0.05, 0.1) is 6.54 Å².